The van der Waals surface area contributed by atoms with Crippen LogP contribution in [0, 0.1) is 5.41 Å². The summed E-state index contributed by atoms with van der Waals surface area (Å²) in [7, 11) is 5.35. The molecule has 1 aromatic heterocycles. The highest BCUT2D eigenvalue weighted by Gasteiger charge is 2.30. The molecule has 1 heterocycles. The predicted molar refractivity (Wildman–Crippen MR) is 65.3 cm³/mol. The second-order valence-electron chi connectivity index (χ2n) is 5.00. The molecule has 0 aliphatic heterocycles. The summed E-state index contributed by atoms with van der Waals surface area (Å²) < 4.78 is 6.76. The Kier molecular flexibility index (Phi) is 4.28. The number of rotatable bonds is 5. The summed E-state index contributed by atoms with van der Waals surface area (Å²) in [6.07, 6.45) is 3.68. The number of ether oxygens (including phenoxy) is 1. The third-order valence-electron chi connectivity index (χ3n) is 2.74. The zero-order chi connectivity index (χ0) is 13.1. The van der Waals surface area contributed by atoms with Crippen LogP contribution in [0.1, 0.15) is 19.7 Å². The molecule has 0 fully saturated rings. The first-order chi connectivity index (χ1) is 7.86. The van der Waals surface area contributed by atoms with Crippen molar-refractivity contribution < 1.29 is 9.53 Å². The molecule has 0 unspecified atom stereocenters. The molecule has 1 aromatic rings. The minimum Gasteiger partial charge on any atom is -0.469 e. The molecule has 0 radical (unpaired) electrons. The van der Waals surface area contributed by atoms with Gasteiger partial charge in [-0.2, -0.15) is 0 Å². The first-order valence-electron chi connectivity index (χ1n) is 5.60. The third kappa shape index (κ3) is 3.56. The lowest BCUT2D eigenvalue weighted by atomic mass is 9.93. The highest BCUT2D eigenvalue weighted by Crippen LogP contribution is 2.19. The zero-order valence-electron chi connectivity index (χ0n) is 11.2. The largest absolute Gasteiger partial charge is 0.469 e. The SMILES string of the molecule is COC(=O)C(C)(C)CN(C)Cc1nccn1C. The number of nitrogens with zero attached hydrogens (tertiary/aromatic N) is 3. The lowest BCUT2D eigenvalue weighted by Crippen LogP contribution is -2.38. The van der Waals surface area contributed by atoms with Crippen molar-refractivity contribution in [1.29, 1.82) is 0 Å². The van der Waals surface area contributed by atoms with Crippen LogP contribution < -0.4 is 0 Å². The lowest BCUT2D eigenvalue weighted by Gasteiger charge is -2.27. The van der Waals surface area contributed by atoms with Crippen LogP contribution in [0.5, 0.6) is 0 Å². The van der Waals surface area contributed by atoms with Gasteiger partial charge >= 0.3 is 5.97 Å². The summed E-state index contributed by atoms with van der Waals surface area (Å²) >= 11 is 0. The monoisotopic (exact) mass is 239 g/mol. The standard InChI is InChI=1S/C12H21N3O2/c1-12(2,11(16)17-5)9-14(3)8-10-13-6-7-15(10)4/h6-7H,8-9H2,1-5H3. The molecule has 0 amide bonds. The molecule has 0 aromatic carbocycles. The Morgan fingerprint density at radius 3 is 2.71 bits per heavy atom. The van der Waals surface area contributed by atoms with Crippen molar-refractivity contribution in [3.05, 3.63) is 18.2 Å². The van der Waals surface area contributed by atoms with E-state index in [0.717, 1.165) is 5.82 Å². The highest BCUT2D eigenvalue weighted by atomic mass is 16.5. The van der Waals surface area contributed by atoms with Crippen molar-refractivity contribution in [3.8, 4) is 0 Å². The van der Waals surface area contributed by atoms with E-state index >= 15 is 0 Å². The minimum absolute atomic E-state index is 0.191. The molecule has 96 valence electrons. The smallest absolute Gasteiger partial charge is 0.312 e. The van der Waals surface area contributed by atoms with E-state index in [0.29, 0.717) is 13.1 Å². The second kappa shape index (κ2) is 5.31. The fourth-order valence-electron chi connectivity index (χ4n) is 1.86. The quantitative estimate of drug-likeness (QED) is 0.721. The van der Waals surface area contributed by atoms with Crippen LogP contribution in [0.4, 0.5) is 0 Å². The number of methoxy groups -OCH3 is 1. The summed E-state index contributed by atoms with van der Waals surface area (Å²) in [5.74, 6) is 0.789. The van der Waals surface area contributed by atoms with Gasteiger partial charge in [-0.05, 0) is 20.9 Å². The maximum atomic E-state index is 11.6. The van der Waals surface area contributed by atoms with Gasteiger partial charge in [-0.15, -0.1) is 0 Å². The number of carbonyl (C=O) groups excluding carboxylic acids is 1. The maximum Gasteiger partial charge on any atom is 0.312 e. The number of esters is 1. The lowest BCUT2D eigenvalue weighted by molar-refractivity contribution is -0.151. The van der Waals surface area contributed by atoms with Gasteiger partial charge in [-0.3, -0.25) is 9.69 Å². The number of hydrogen-bond acceptors (Lipinski definition) is 4. The van der Waals surface area contributed by atoms with Crippen LogP contribution in [-0.4, -0.2) is 41.1 Å². The van der Waals surface area contributed by atoms with Gasteiger partial charge in [-0.1, -0.05) is 0 Å². The molecule has 17 heavy (non-hydrogen) atoms. The van der Waals surface area contributed by atoms with E-state index in [1.807, 2.05) is 38.7 Å². The minimum atomic E-state index is -0.505. The summed E-state index contributed by atoms with van der Waals surface area (Å²) in [4.78, 5) is 17.9. The van der Waals surface area contributed by atoms with Crippen molar-refractivity contribution >= 4 is 5.97 Å². The maximum absolute atomic E-state index is 11.6. The number of imidazole rings is 1. The normalized spacial score (nSPS) is 11.9. The first kappa shape index (κ1) is 13.7. The Hall–Kier alpha value is -1.36. The molecular formula is C12H21N3O2. The van der Waals surface area contributed by atoms with E-state index in [4.69, 9.17) is 4.74 Å². The van der Waals surface area contributed by atoms with Gasteiger partial charge in [0.15, 0.2) is 0 Å². The van der Waals surface area contributed by atoms with Crippen molar-refractivity contribution in [2.75, 3.05) is 20.7 Å². The molecule has 0 aliphatic rings. The van der Waals surface area contributed by atoms with E-state index < -0.39 is 5.41 Å². The fourth-order valence-corrected chi connectivity index (χ4v) is 1.86. The Bertz CT molecular complexity index is 385. The number of aromatic nitrogens is 2. The third-order valence-corrected chi connectivity index (χ3v) is 2.74. The molecule has 0 bridgehead atoms. The predicted octanol–water partition coefficient (Wildman–Crippen LogP) is 1.05. The average molecular weight is 239 g/mol. The van der Waals surface area contributed by atoms with Crippen LogP contribution >= 0.6 is 0 Å². The fraction of sp³-hybridized carbons (Fsp3) is 0.667. The van der Waals surface area contributed by atoms with Gasteiger partial charge in [0.05, 0.1) is 19.1 Å². The van der Waals surface area contributed by atoms with Gasteiger partial charge in [0.25, 0.3) is 0 Å². The molecule has 0 N–H and O–H groups in total. The van der Waals surface area contributed by atoms with E-state index in [2.05, 4.69) is 9.88 Å². The molecular weight excluding hydrogens is 218 g/mol. The van der Waals surface area contributed by atoms with E-state index in [9.17, 15) is 4.79 Å². The zero-order valence-corrected chi connectivity index (χ0v) is 11.2. The van der Waals surface area contributed by atoms with Crippen LogP contribution in [0.15, 0.2) is 12.4 Å². The summed E-state index contributed by atoms with van der Waals surface area (Å²) in [6.45, 7) is 5.11. The molecule has 0 saturated carbocycles. The van der Waals surface area contributed by atoms with Crippen molar-refractivity contribution in [2.24, 2.45) is 12.5 Å². The highest BCUT2D eigenvalue weighted by molar-refractivity contribution is 5.76. The molecule has 1 rings (SSSR count). The van der Waals surface area contributed by atoms with Crippen LogP contribution in [-0.2, 0) is 23.1 Å². The van der Waals surface area contributed by atoms with Crippen LogP contribution in [0.3, 0.4) is 0 Å². The van der Waals surface area contributed by atoms with Crippen LogP contribution in [0.25, 0.3) is 0 Å². The molecule has 5 heteroatoms. The van der Waals surface area contributed by atoms with Gasteiger partial charge < -0.3 is 9.30 Å². The Morgan fingerprint density at radius 2 is 2.24 bits per heavy atom. The van der Waals surface area contributed by atoms with E-state index in [-0.39, 0.29) is 5.97 Å². The van der Waals surface area contributed by atoms with E-state index in [1.165, 1.54) is 7.11 Å². The second-order valence-corrected chi connectivity index (χ2v) is 5.00. The molecule has 0 saturated heterocycles. The van der Waals surface area contributed by atoms with Gasteiger partial charge in [-0.25, -0.2) is 4.98 Å². The van der Waals surface area contributed by atoms with E-state index in [1.54, 1.807) is 6.20 Å². The van der Waals surface area contributed by atoms with Gasteiger partial charge in [0.1, 0.15) is 5.82 Å². The van der Waals surface area contributed by atoms with Crippen molar-refractivity contribution in [3.63, 3.8) is 0 Å². The number of aryl methyl sites for hydroxylation is 1. The molecule has 0 atom stereocenters. The van der Waals surface area contributed by atoms with Crippen molar-refractivity contribution in [1.82, 2.24) is 14.5 Å². The number of hydrogen-bond donors (Lipinski definition) is 0. The van der Waals surface area contributed by atoms with Gasteiger partial charge in [0, 0.05) is 26.0 Å². The Labute approximate surface area is 102 Å². The molecule has 0 spiro atoms. The Balaban J connectivity index is 2.58. The topological polar surface area (TPSA) is 47.4 Å². The van der Waals surface area contributed by atoms with Gasteiger partial charge in [0.2, 0.25) is 0 Å². The number of carbonyl (C=O) groups is 1. The molecule has 0 aliphatic carbocycles. The van der Waals surface area contributed by atoms with Crippen LogP contribution in [0.2, 0.25) is 0 Å². The first-order valence-corrected chi connectivity index (χ1v) is 5.60. The average Bonchev–Trinajstić information content (AvgIpc) is 2.62. The Morgan fingerprint density at radius 1 is 1.59 bits per heavy atom. The summed E-state index contributed by atoms with van der Waals surface area (Å²) in [5.41, 5.74) is -0.505. The molecule has 5 nitrogen and oxygen atoms in total. The summed E-state index contributed by atoms with van der Waals surface area (Å²) in [6, 6.07) is 0. The summed E-state index contributed by atoms with van der Waals surface area (Å²) in [5, 5.41) is 0. The van der Waals surface area contributed by atoms with Crippen molar-refractivity contribution in [2.45, 2.75) is 20.4 Å².